The summed E-state index contributed by atoms with van der Waals surface area (Å²) in [5.41, 5.74) is 5.37. The first-order valence-electron chi connectivity index (χ1n) is 4.77. The molecular formula is C13H13OY-. The van der Waals surface area contributed by atoms with Crippen molar-refractivity contribution in [2.45, 2.75) is 20.3 Å². The molecule has 0 amide bonds. The summed E-state index contributed by atoms with van der Waals surface area (Å²) in [4.78, 5) is 11.8. The van der Waals surface area contributed by atoms with Crippen LogP contribution in [0, 0.1) is 20.8 Å². The minimum Gasteiger partial charge on any atom is -0.310 e. The summed E-state index contributed by atoms with van der Waals surface area (Å²) in [5, 5.41) is 0. The number of allylic oxidation sites excluding steroid dienone is 2. The molecule has 0 saturated heterocycles. The van der Waals surface area contributed by atoms with Gasteiger partial charge in [0.15, 0.2) is 0 Å². The number of rotatable bonds is 0. The van der Waals surface area contributed by atoms with E-state index in [1.54, 1.807) is 6.08 Å². The van der Waals surface area contributed by atoms with Crippen molar-refractivity contribution in [3.63, 3.8) is 0 Å². The van der Waals surface area contributed by atoms with Crippen molar-refractivity contribution >= 4 is 5.78 Å². The fourth-order valence-electron chi connectivity index (χ4n) is 1.92. The van der Waals surface area contributed by atoms with Gasteiger partial charge in [-0.3, -0.25) is 0 Å². The van der Waals surface area contributed by atoms with Gasteiger partial charge in [0.25, 0.3) is 0 Å². The van der Waals surface area contributed by atoms with Crippen LogP contribution in [0.25, 0.3) is 0 Å². The molecule has 0 atom stereocenters. The summed E-state index contributed by atoms with van der Waals surface area (Å²) in [7, 11) is 0. The van der Waals surface area contributed by atoms with E-state index in [1.807, 2.05) is 12.1 Å². The molecule has 0 N–H and O–H groups in total. The molecule has 0 heterocycles. The van der Waals surface area contributed by atoms with Gasteiger partial charge in [0.2, 0.25) is 0 Å². The maximum Gasteiger partial charge on any atom is 0.110 e. The number of carbonyl (C=O) groups is 1. The van der Waals surface area contributed by atoms with Gasteiger partial charge in [-0.1, -0.05) is 18.6 Å². The molecule has 0 unspecified atom stereocenters. The molecule has 2 rings (SSSR count). The molecule has 0 fully saturated rings. The van der Waals surface area contributed by atoms with Crippen molar-refractivity contribution in [2.24, 2.45) is 0 Å². The second kappa shape index (κ2) is 4.63. The van der Waals surface area contributed by atoms with E-state index in [2.05, 4.69) is 20.8 Å². The van der Waals surface area contributed by atoms with Crippen molar-refractivity contribution in [2.75, 3.05) is 0 Å². The summed E-state index contributed by atoms with van der Waals surface area (Å²) >= 11 is 0. The number of benzene rings is 1. The Morgan fingerprint density at radius 2 is 2.00 bits per heavy atom. The average molecular weight is 274 g/mol. The first kappa shape index (κ1) is 12.7. The van der Waals surface area contributed by atoms with Gasteiger partial charge in [0, 0.05) is 38.3 Å². The maximum atomic E-state index is 11.8. The topological polar surface area (TPSA) is 17.1 Å². The van der Waals surface area contributed by atoms with Crippen molar-refractivity contribution in [1.82, 2.24) is 0 Å². The zero-order chi connectivity index (χ0) is 10.3. The van der Waals surface area contributed by atoms with Gasteiger partial charge >= 0.3 is 0 Å². The van der Waals surface area contributed by atoms with Crippen LogP contribution in [0.4, 0.5) is 0 Å². The minimum atomic E-state index is 0. The van der Waals surface area contributed by atoms with Crippen LogP contribution in [-0.4, -0.2) is 5.78 Å². The number of hydrogen-bond acceptors (Lipinski definition) is 1. The monoisotopic (exact) mass is 274 g/mol. The Balaban J connectivity index is 0.00000112. The van der Waals surface area contributed by atoms with Crippen LogP contribution >= 0.6 is 0 Å². The number of carbonyl (C=O) groups excluding carboxylic acids is 1. The van der Waals surface area contributed by atoms with E-state index in [4.69, 9.17) is 0 Å². The van der Waals surface area contributed by atoms with E-state index in [0.717, 1.165) is 17.6 Å². The quantitative estimate of drug-likeness (QED) is 0.525. The zero-order valence-corrected chi connectivity index (χ0v) is 12.0. The molecule has 75 valence electrons. The first-order chi connectivity index (χ1) is 6.65. The van der Waals surface area contributed by atoms with Crippen LogP contribution < -0.4 is 0 Å². The molecule has 2 heteroatoms. The van der Waals surface area contributed by atoms with E-state index >= 15 is 0 Å². The molecule has 1 radical (unpaired) electrons. The van der Waals surface area contributed by atoms with Gasteiger partial charge < -0.3 is 4.79 Å². The Kier molecular flexibility index (Phi) is 3.91. The summed E-state index contributed by atoms with van der Waals surface area (Å²) in [6.45, 7) is 7.82. The molecule has 0 spiro atoms. The zero-order valence-electron chi connectivity index (χ0n) is 9.13. The van der Waals surface area contributed by atoms with Crippen molar-refractivity contribution < 1.29 is 37.5 Å². The smallest absolute Gasteiger partial charge is 0.110 e. The largest absolute Gasteiger partial charge is 0.310 e. The van der Waals surface area contributed by atoms with Gasteiger partial charge in [-0.25, -0.2) is 13.0 Å². The standard InChI is InChI=1S/C13H13O.Y/c1-4-10-7-12-9(3)8(2)5-6-11(12)13(10)14;/h4-6H,1,7H2,2-3H3;/q-1;/b10-4+;. The molecular weight excluding hydrogens is 261 g/mol. The predicted molar refractivity (Wildman–Crippen MR) is 57.4 cm³/mol. The van der Waals surface area contributed by atoms with Crippen LogP contribution in [-0.2, 0) is 39.1 Å². The fourth-order valence-corrected chi connectivity index (χ4v) is 1.92. The summed E-state index contributed by atoms with van der Waals surface area (Å²) in [5.74, 6) is 0.151. The molecule has 15 heavy (non-hydrogen) atoms. The second-order valence-corrected chi connectivity index (χ2v) is 3.77. The van der Waals surface area contributed by atoms with Gasteiger partial charge in [0.05, 0.1) is 0 Å². The first-order valence-corrected chi connectivity index (χ1v) is 4.77. The fraction of sp³-hybridized carbons (Fsp3) is 0.231. The van der Waals surface area contributed by atoms with Crippen LogP contribution in [0.5, 0.6) is 0 Å². The number of ketones is 1. The Morgan fingerprint density at radius 1 is 1.33 bits per heavy atom. The predicted octanol–water partition coefficient (Wildman–Crippen LogP) is 2.80. The van der Waals surface area contributed by atoms with Gasteiger partial charge in [-0.05, 0) is 30.5 Å². The third-order valence-electron chi connectivity index (χ3n) is 3.02. The van der Waals surface area contributed by atoms with E-state index in [-0.39, 0.29) is 38.5 Å². The SMILES string of the molecule is [CH2-]/C=C1\Cc2c(ccc(C)c2C)C1=O.[Y]. The normalized spacial score (nSPS) is 16.4. The molecule has 1 nitrogen and oxygen atoms in total. The van der Waals surface area contributed by atoms with Crippen molar-refractivity contribution in [3.05, 3.63) is 53.0 Å². The minimum absolute atomic E-state index is 0. The van der Waals surface area contributed by atoms with Crippen molar-refractivity contribution in [1.29, 1.82) is 0 Å². The Labute approximate surface area is 116 Å². The molecule has 0 aliphatic heterocycles. The van der Waals surface area contributed by atoms with Crippen LogP contribution in [0.3, 0.4) is 0 Å². The average Bonchev–Trinajstić information content (AvgIpc) is 2.50. The molecule has 0 bridgehead atoms. The third kappa shape index (κ3) is 1.96. The van der Waals surface area contributed by atoms with E-state index < -0.39 is 0 Å². The molecule has 1 aliphatic carbocycles. The van der Waals surface area contributed by atoms with Crippen LogP contribution in [0.15, 0.2) is 23.8 Å². The van der Waals surface area contributed by atoms with Crippen LogP contribution in [0.2, 0.25) is 0 Å². The maximum absolute atomic E-state index is 11.8. The molecule has 1 aromatic carbocycles. The van der Waals surface area contributed by atoms with Gasteiger partial charge in [0.1, 0.15) is 5.78 Å². The summed E-state index contributed by atoms with van der Waals surface area (Å²) in [6, 6.07) is 3.94. The van der Waals surface area contributed by atoms with E-state index in [1.165, 1.54) is 16.7 Å². The molecule has 0 aromatic heterocycles. The van der Waals surface area contributed by atoms with E-state index in [0.29, 0.717) is 0 Å². The number of Topliss-reactive ketones (excluding diaryl/α,β-unsaturated/α-hetero) is 1. The third-order valence-corrected chi connectivity index (χ3v) is 3.02. The number of fused-ring (bicyclic) bond motifs is 1. The number of hydrogen-bond donors (Lipinski definition) is 0. The summed E-state index contributed by atoms with van der Waals surface area (Å²) in [6.07, 6.45) is 2.43. The Morgan fingerprint density at radius 3 is 2.60 bits per heavy atom. The van der Waals surface area contributed by atoms with Gasteiger partial charge in [-0.2, -0.15) is 0 Å². The summed E-state index contributed by atoms with van der Waals surface area (Å²) < 4.78 is 0. The Hall–Kier alpha value is -0.396. The second-order valence-electron chi connectivity index (χ2n) is 3.77. The molecule has 1 aliphatic rings. The molecule has 1 aromatic rings. The van der Waals surface area contributed by atoms with E-state index in [9.17, 15) is 4.79 Å². The number of aryl methyl sites for hydroxylation is 1. The van der Waals surface area contributed by atoms with Gasteiger partial charge in [-0.15, -0.1) is 5.57 Å². The molecule has 0 saturated carbocycles. The Bertz CT molecular complexity index is 444. The van der Waals surface area contributed by atoms with Crippen molar-refractivity contribution in [3.8, 4) is 0 Å². The van der Waals surface area contributed by atoms with Crippen LogP contribution in [0.1, 0.15) is 27.0 Å².